The van der Waals surface area contributed by atoms with E-state index in [2.05, 4.69) is 11.8 Å². The second-order valence-electron chi connectivity index (χ2n) is 7.31. The lowest BCUT2D eigenvalue weighted by molar-refractivity contribution is 0.136. The van der Waals surface area contributed by atoms with Crippen LogP contribution in [0, 0.1) is 5.92 Å². The molecule has 1 aliphatic heterocycles. The quantitative estimate of drug-likeness (QED) is 0.757. The molecule has 0 aromatic heterocycles. The molecule has 2 fully saturated rings. The molecule has 25 heavy (non-hydrogen) atoms. The van der Waals surface area contributed by atoms with Gasteiger partial charge in [0.15, 0.2) is 0 Å². The molecule has 7 heteroatoms. The number of piperidine rings is 1. The Morgan fingerprint density at radius 1 is 1.08 bits per heavy atom. The number of hydrogen-bond acceptors (Lipinski definition) is 3. The van der Waals surface area contributed by atoms with Gasteiger partial charge in [0, 0.05) is 24.2 Å². The highest BCUT2D eigenvalue weighted by molar-refractivity contribution is 7.89. The van der Waals surface area contributed by atoms with E-state index >= 15 is 0 Å². The Balaban J connectivity index is 0.00000225. The van der Waals surface area contributed by atoms with Gasteiger partial charge < -0.3 is 4.90 Å². The number of nitrogens with zero attached hydrogens (tertiary/aromatic N) is 2. The van der Waals surface area contributed by atoms with Crippen molar-refractivity contribution in [3.05, 3.63) is 29.3 Å². The van der Waals surface area contributed by atoms with Crippen LogP contribution in [0.4, 0.5) is 0 Å². The van der Waals surface area contributed by atoms with E-state index in [1.54, 1.807) is 35.6 Å². The van der Waals surface area contributed by atoms with E-state index in [1.165, 1.54) is 12.8 Å². The zero-order chi connectivity index (χ0) is 17.3. The second kappa shape index (κ2) is 8.57. The molecule has 2 atom stereocenters. The lowest BCUT2D eigenvalue weighted by Gasteiger charge is -2.35. The molecular formula is C18H28Cl2N2O2S. The third kappa shape index (κ3) is 4.69. The molecule has 0 bridgehead atoms. The molecule has 4 nitrogen and oxygen atoms in total. The van der Waals surface area contributed by atoms with Crippen LogP contribution in [-0.2, 0) is 10.0 Å². The predicted octanol–water partition coefficient (Wildman–Crippen LogP) is 4.04. The number of halogens is 2. The maximum Gasteiger partial charge on any atom is 0.243 e. The second-order valence-corrected chi connectivity index (χ2v) is 9.75. The Hall–Kier alpha value is -0.330. The fourth-order valence-corrected chi connectivity index (χ4v) is 5.48. The van der Waals surface area contributed by atoms with Crippen LogP contribution >= 0.6 is 24.0 Å². The molecule has 1 saturated carbocycles. The van der Waals surface area contributed by atoms with Crippen LogP contribution in [0.1, 0.15) is 39.0 Å². The van der Waals surface area contributed by atoms with Crippen molar-refractivity contribution >= 4 is 34.0 Å². The number of benzene rings is 1. The van der Waals surface area contributed by atoms with Gasteiger partial charge in [0.2, 0.25) is 10.0 Å². The fraction of sp³-hybridized carbons (Fsp3) is 0.667. The van der Waals surface area contributed by atoms with Crippen molar-refractivity contribution in [1.29, 1.82) is 0 Å². The van der Waals surface area contributed by atoms with Crippen molar-refractivity contribution in [2.45, 2.75) is 56.0 Å². The van der Waals surface area contributed by atoms with Gasteiger partial charge in [0.1, 0.15) is 0 Å². The van der Waals surface area contributed by atoms with Gasteiger partial charge in [-0.2, -0.15) is 4.31 Å². The minimum absolute atomic E-state index is 0. The highest BCUT2D eigenvalue weighted by Crippen LogP contribution is 2.32. The van der Waals surface area contributed by atoms with Crippen molar-refractivity contribution in [2.75, 3.05) is 20.1 Å². The summed E-state index contributed by atoms with van der Waals surface area (Å²) in [7, 11) is -1.73. The van der Waals surface area contributed by atoms with Crippen molar-refractivity contribution in [1.82, 2.24) is 9.21 Å². The zero-order valence-corrected chi connectivity index (χ0v) is 17.3. The van der Waals surface area contributed by atoms with Gasteiger partial charge in [-0.05, 0) is 75.4 Å². The molecule has 1 heterocycles. The number of rotatable bonds is 4. The van der Waals surface area contributed by atoms with Crippen LogP contribution in [0.15, 0.2) is 29.2 Å². The Labute approximate surface area is 163 Å². The molecule has 0 spiro atoms. The summed E-state index contributed by atoms with van der Waals surface area (Å²) in [5.41, 5.74) is 0. The average molecular weight is 407 g/mol. The van der Waals surface area contributed by atoms with E-state index in [0.717, 1.165) is 38.3 Å². The normalized spacial score (nSPS) is 25.9. The molecular weight excluding hydrogens is 379 g/mol. The lowest BCUT2D eigenvalue weighted by atomic mass is 9.97. The lowest BCUT2D eigenvalue weighted by Crippen LogP contribution is -2.41. The van der Waals surface area contributed by atoms with Crippen LogP contribution in [0.5, 0.6) is 0 Å². The van der Waals surface area contributed by atoms with Gasteiger partial charge >= 0.3 is 0 Å². The first-order chi connectivity index (χ1) is 11.4. The first-order valence-corrected chi connectivity index (χ1v) is 10.7. The SMILES string of the molecule is CC1CCN([C@H]2CC[C@@H](N(C)S(=O)(=O)c3ccc(Cl)cc3)C2)CC1.Cl. The van der Waals surface area contributed by atoms with E-state index in [0.29, 0.717) is 16.0 Å². The van der Waals surface area contributed by atoms with Crippen molar-refractivity contribution in [2.24, 2.45) is 5.92 Å². The Kier molecular flexibility index (Phi) is 7.19. The maximum atomic E-state index is 12.8. The number of sulfonamides is 1. The van der Waals surface area contributed by atoms with Crippen molar-refractivity contribution in [3.8, 4) is 0 Å². The Bertz CT molecular complexity index is 658. The van der Waals surface area contributed by atoms with Crippen LogP contribution in [0.2, 0.25) is 5.02 Å². The van der Waals surface area contributed by atoms with Crippen molar-refractivity contribution in [3.63, 3.8) is 0 Å². The van der Waals surface area contributed by atoms with Gasteiger partial charge in [0.05, 0.1) is 4.90 Å². The smallest absolute Gasteiger partial charge is 0.243 e. The third-order valence-corrected chi connectivity index (χ3v) is 7.89. The highest BCUT2D eigenvalue weighted by atomic mass is 35.5. The van der Waals surface area contributed by atoms with Gasteiger partial charge in [0.25, 0.3) is 0 Å². The van der Waals surface area contributed by atoms with E-state index < -0.39 is 10.0 Å². The van der Waals surface area contributed by atoms with Gasteiger partial charge in [-0.3, -0.25) is 0 Å². The summed E-state index contributed by atoms with van der Waals surface area (Å²) in [6.07, 6.45) is 5.51. The van der Waals surface area contributed by atoms with Gasteiger partial charge in [-0.25, -0.2) is 8.42 Å². The first kappa shape index (κ1) is 21.0. The zero-order valence-electron chi connectivity index (χ0n) is 14.9. The molecule has 0 N–H and O–H groups in total. The molecule has 142 valence electrons. The van der Waals surface area contributed by atoms with Gasteiger partial charge in [-0.1, -0.05) is 18.5 Å². The topological polar surface area (TPSA) is 40.6 Å². The molecule has 0 unspecified atom stereocenters. The third-order valence-electron chi connectivity index (χ3n) is 5.72. The largest absolute Gasteiger partial charge is 0.300 e. The minimum atomic E-state index is -3.45. The summed E-state index contributed by atoms with van der Waals surface area (Å²) in [5.74, 6) is 0.825. The van der Waals surface area contributed by atoms with E-state index in [9.17, 15) is 8.42 Å². The minimum Gasteiger partial charge on any atom is -0.300 e. The van der Waals surface area contributed by atoms with Crippen LogP contribution in [-0.4, -0.2) is 49.8 Å². The van der Waals surface area contributed by atoms with E-state index in [-0.39, 0.29) is 18.4 Å². The molecule has 1 saturated heterocycles. The summed E-state index contributed by atoms with van der Waals surface area (Å²) in [4.78, 5) is 2.90. The molecule has 0 amide bonds. The Morgan fingerprint density at radius 3 is 2.28 bits per heavy atom. The summed E-state index contributed by atoms with van der Waals surface area (Å²) >= 11 is 5.87. The molecule has 1 aliphatic carbocycles. The van der Waals surface area contributed by atoms with Crippen LogP contribution in [0.25, 0.3) is 0 Å². The summed E-state index contributed by atoms with van der Waals surface area (Å²) < 4.78 is 27.2. The molecule has 1 aromatic carbocycles. The maximum absolute atomic E-state index is 12.8. The standard InChI is InChI=1S/C18H27ClN2O2S.ClH/c1-14-9-11-21(12-10-14)17-6-5-16(13-17)20(2)24(22,23)18-7-3-15(19)4-8-18;/h3-4,7-8,14,16-17H,5-6,9-13H2,1-2H3;1H/t16-,17+;/m1./s1. The first-order valence-electron chi connectivity index (χ1n) is 8.85. The van der Waals surface area contributed by atoms with Crippen molar-refractivity contribution < 1.29 is 8.42 Å². The Morgan fingerprint density at radius 2 is 1.68 bits per heavy atom. The molecule has 3 rings (SSSR count). The monoisotopic (exact) mass is 406 g/mol. The highest BCUT2D eigenvalue weighted by Gasteiger charge is 2.36. The van der Waals surface area contributed by atoms with Gasteiger partial charge in [-0.15, -0.1) is 12.4 Å². The van der Waals surface area contributed by atoms with E-state index in [4.69, 9.17) is 11.6 Å². The van der Waals surface area contributed by atoms with Crippen LogP contribution < -0.4 is 0 Å². The molecule has 1 aromatic rings. The molecule has 0 radical (unpaired) electrons. The number of hydrogen-bond donors (Lipinski definition) is 0. The summed E-state index contributed by atoms with van der Waals surface area (Å²) in [6, 6.07) is 7.07. The predicted molar refractivity (Wildman–Crippen MR) is 105 cm³/mol. The summed E-state index contributed by atoms with van der Waals surface area (Å²) in [5, 5.41) is 0.553. The fourth-order valence-electron chi connectivity index (χ4n) is 3.96. The number of likely N-dealkylation sites (tertiary alicyclic amines) is 1. The average Bonchev–Trinajstić information content (AvgIpc) is 3.05. The van der Waals surface area contributed by atoms with Crippen LogP contribution in [0.3, 0.4) is 0 Å². The molecule has 2 aliphatic rings. The van der Waals surface area contributed by atoms with E-state index in [1.807, 2.05) is 0 Å². The summed E-state index contributed by atoms with van der Waals surface area (Å²) in [6.45, 7) is 4.64.